The highest BCUT2D eigenvalue weighted by Gasteiger charge is 2.15. The van der Waals surface area contributed by atoms with Crippen molar-refractivity contribution in [2.24, 2.45) is 0 Å². The average molecular weight is 266 g/mol. The number of rotatable bonds is 6. The van der Waals surface area contributed by atoms with Crippen LogP contribution in [0.1, 0.15) is 32.8 Å². The molecule has 0 heterocycles. The van der Waals surface area contributed by atoms with Gasteiger partial charge in [0, 0.05) is 6.61 Å². The van der Waals surface area contributed by atoms with E-state index in [1.807, 2.05) is 45.0 Å². The van der Waals surface area contributed by atoms with E-state index in [9.17, 15) is 4.79 Å². The summed E-state index contributed by atoms with van der Waals surface area (Å²) >= 11 is 0. The molecule has 0 spiro atoms. The van der Waals surface area contributed by atoms with E-state index >= 15 is 0 Å². The van der Waals surface area contributed by atoms with Crippen LogP contribution in [0.2, 0.25) is 0 Å². The Balaban J connectivity index is 2.31. The molecule has 1 aromatic carbocycles. The van der Waals surface area contributed by atoms with Gasteiger partial charge in [0.2, 0.25) is 0 Å². The Morgan fingerprint density at radius 1 is 1.21 bits per heavy atom. The van der Waals surface area contributed by atoms with Crippen molar-refractivity contribution >= 4 is 5.97 Å². The molecule has 0 saturated carbocycles. The minimum atomic E-state index is -0.455. The number of carbonyl (C=O) groups excluding carboxylic acids is 1. The van der Waals surface area contributed by atoms with E-state index in [2.05, 4.69) is 0 Å². The molecule has 106 valence electrons. The molecule has 1 N–H and O–H groups in total. The van der Waals surface area contributed by atoms with Crippen molar-refractivity contribution in [2.75, 3.05) is 13.2 Å². The molecule has 1 aromatic rings. The third-order valence-corrected chi connectivity index (χ3v) is 2.32. The van der Waals surface area contributed by atoms with E-state index < -0.39 is 5.60 Å². The van der Waals surface area contributed by atoms with Gasteiger partial charge in [-0.2, -0.15) is 0 Å². The van der Waals surface area contributed by atoms with E-state index in [-0.39, 0.29) is 19.0 Å². The lowest BCUT2D eigenvalue weighted by molar-refractivity contribution is -0.155. The van der Waals surface area contributed by atoms with Crippen molar-refractivity contribution in [3.63, 3.8) is 0 Å². The number of hydrogen-bond acceptors (Lipinski definition) is 4. The molecule has 4 nitrogen and oxygen atoms in total. The summed E-state index contributed by atoms with van der Waals surface area (Å²) in [5.74, 6) is 0.453. The van der Waals surface area contributed by atoms with Crippen LogP contribution in [0.25, 0.3) is 0 Å². The highest BCUT2D eigenvalue weighted by Crippen LogP contribution is 2.13. The Hall–Kier alpha value is -1.55. The molecule has 0 aromatic heterocycles. The molecule has 0 unspecified atom stereocenters. The minimum Gasteiger partial charge on any atom is -0.493 e. The maximum Gasteiger partial charge on any atom is 0.309 e. The average Bonchev–Trinajstić information content (AvgIpc) is 2.29. The van der Waals surface area contributed by atoms with Gasteiger partial charge in [-0.1, -0.05) is 12.1 Å². The second-order valence-corrected chi connectivity index (χ2v) is 5.30. The Kier molecular flexibility index (Phi) is 5.83. The monoisotopic (exact) mass is 266 g/mol. The summed E-state index contributed by atoms with van der Waals surface area (Å²) in [5, 5.41) is 8.80. The molecule has 0 aliphatic carbocycles. The van der Waals surface area contributed by atoms with Gasteiger partial charge in [-0.05, 0) is 44.9 Å². The van der Waals surface area contributed by atoms with Crippen molar-refractivity contribution < 1.29 is 19.4 Å². The molecule has 0 saturated heterocycles. The second-order valence-electron chi connectivity index (χ2n) is 5.30. The zero-order valence-corrected chi connectivity index (χ0v) is 11.8. The summed E-state index contributed by atoms with van der Waals surface area (Å²) in [6.07, 6.45) is 0.869. The van der Waals surface area contributed by atoms with Crippen LogP contribution in [0.4, 0.5) is 0 Å². The predicted octanol–water partition coefficient (Wildman–Crippen LogP) is 2.33. The molecule has 0 aliphatic rings. The number of ether oxygens (including phenoxy) is 2. The van der Waals surface area contributed by atoms with Crippen molar-refractivity contribution in [2.45, 2.75) is 39.2 Å². The van der Waals surface area contributed by atoms with Gasteiger partial charge in [-0.15, -0.1) is 0 Å². The van der Waals surface area contributed by atoms with Crippen LogP contribution in [0, 0.1) is 0 Å². The Labute approximate surface area is 114 Å². The van der Waals surface area contributed by atoms with Crippen LogP contribution < -0.4 is 4.74 Å². The lowest BCUT2D eigenvalue weighted by Crippen LogP contribution is -2.24. The minimum absolute atomic E-state index is 0.138. The number of carbonyl (C=O) groups is 1. The zero-order valence-electron chi connectivity index (χ0n) is 11.8. The van der Waals surface area contributed by atoms with Crippen LogP contribution in [0.5, 0.6) is 5.75 Å². The fourth-order valence-electron chi connectivity index (χ4n) is 1.53. The molecule has 0 aliphatic heterocycles. The topological polar surface area (TPSA) is 55.8 Å². The first-order chi connectivity index (χ1) is 8.90. The quantitative estimate of drug-likeness (QED) is 0.803. The van der Waals surface area contributed by atoms with Gasteiger partial charge in [0.25, 0.3) is 0 Å². The first-order valence-electron chi connectivity index (χ1n) is 6.45. The smallest absolute Gasteiger partial charge is 0.309 e. The van der Waals surface area contributed by atoms with Crippen LogP contribution in [-0.4, -0.2) is 29.9 Å². The maximum atomic E-state index is 11.5. The number of aliphatic hydroxyl groups excluding tert-OH is 1. The summed E-state index contributed by atoms with van der Waals surface area (Å²) in [7, 11) is 0. The molecular formula is C15H22O4. The number of benzene rings is 1. The first-order valence-corrected chi connectivity index (χ1v) is 6.45. The lowest BCUT2D eigenvalue weighted by atomic mass is 10.1. The zero-order chi connectivity index (χ0) is 14.3. The molecule has 0 amide bonds. The Bertz CT molecular complexity index is 390. The van der Waals surface area contributed by atoms with E-state index in [1.54, 1.807) is 0 Å². The van der Waals surface area contributed by atoms with Crippen LogP contribution >= 0.6 is 0 Å². The standard InChI is InChI=1S/C15H22O4/c1-15(2,3)19-14(17)9-11-18-13-6-4-12(5-7-13)8-10-16/h4-7,16H,8-11H2,1-3H3. The van der Waals surface area contributed by atoms with E-state index in [4.69, 9.17) is 14.6 Å². The second kappa shape index (κ2) is 7.14. The molecule has 1 rings (SSSR count). The fourth-order valence-corrected chi connectivity index (χ4v) is 1.53. The number of aliphatic hydroxyl groups is 1. The molecule has 4 heteroatoms. The summed E-state index contributed by atoms with van der Waals surface area (Å²) in [4.78, 5) is 11.5. The van der Waals surface area contributed by atoms with Crippen molar-refractivity contribution in [1.29, 1.82) is 0 Å². The van der Waals surface area contributed by atoms with E-state index in [0.29, 0.717) is 18.8 Å². The van der Waals surface area contributed by atoms with Crippen LogP contribution in [0.3, 0.4) is 0 Å². The Morgan fingerprint density at radius 3 is 2.37 bits per heavy atom. The van der Waals surface area contributed by atoms with Crippen LogP contribution in [-0.2, 0) is 16.0 Å². The highest BCUT2D eigenvalue weighted by atomic mass is 16.6. The highest BCUT2D eigenvalue weighted by molar-refractivity contribution is 5.69. The van der Waals surface area contributed by atoms with Gasteiger partial charge >= 0.3 is 5.97 Å². The van der Waals surface area contributed by atoms with Gasteiger partial charge in [0.15, 0.2) is 0 Å². The molecule has 19 heavy (non-hydrogen) atoms. The largest absolute Gasteiger partial charge is 0.493 e. The fraction of sp³-hybridized carbons (Fsp3) is 0.533. The number of hydrogen-bond donors (Lipinski definition) is 1. The summed E-state index contributed by atoms with van der Waals surface area (Å²) in [6.45, 7) is 5.95. The Morgan fingerprint density at radius 2 is 1.84 bits per heavy atom. The normalized spacial score (nSPS) is 11.2. The van der Waals surface area contributed by atoms with Crippen molar-refractivity contribution in [1.82, 2.24) is 0 Å². The molecule has 0 fully saturated rings. The van der Waals surface area contributed by atoms with Gasteiger partial charge in [0.05, 0.1) is 13.0 Å². The lowest BCUT2D eigenvalue weighted by Gasteiger charge is -2.19. The predicted molar refractivity (Wildman–Crippen MR) is 73.2 cm³/mol. The molecular weight excluding hydrogens is 244 g/mol. The van der Waals surface area contributed by atoms with Crippen molar-refractivity contribution in [3.8, 4) is 5.75 Å². The van der Waals surface area contributed by atoms with Gasteiger partial charge in [0.1, 0.15) is 11.4 Å². The van der Waals surface area contributed by atoms with E-state index in [1.165, 1.54) is 0 Å². The third kappa shape index (κ3) is 6.82. The maximum absolute atomic E-state index is 11.5. The van der Waals surface area contributed by atoms with Crippen LogP contribution in [0.15, 0.2) is 24.3 Å². The van der Waals surface area contributed by atoms with Gasteiger partial charge < -0.3 is 14.6 Å². The molecule has 0 atom stereocenters. The third-order valence-electron chi connectivity index (χ3n) is 2.32. The first kappa shape index (κ1) is 15.5. The number of esters is 1. The van der Waals surface area contributed by atoms with Crippen molar-refractivity contribution in [3.05, 3.63) is 29.8 Å². The molecule has 0 radical (unpaired) electrons. The van der Waals surface area contributed by atoms with Gasteiger partial charge in [-0.3, -0.25) is 4.79 Å². The summed E-state index contributed by atoms with van der Waals surface area (Å²) in [5.41, 5.74) is 0.602. The SMILES string of the molecule is CC(C)(C)OC(=O)CCOc1ccc(CCO)cc1. The molecule has 0 bridgehead atoms. The summed E-state index contributed by atoms with van der Waals surface area (Å²) in [6, 6.07) is 7.47. The summed E-state index contributed by atoms with van der Waals surface area (Å²) < 4.78 is 10.6. The van der Waals surface area contributed by atoms with Gasteiger partial charge in [-0.25, -0.2) is 0 Å². The van der Waals surface area contributed by atoms with E-state index in [0.717, 1.165) is 5.56 Å².